The maximum absolute atomic E-state index is 12.1. The summed E-state index contributed by atoms with van der Waals surface area (Å²) >= 11 is 0. The average Bonchev–Trinajstić information content (AvgIpc) is 2.95. The third-order valence-electron chi connectivity index (χ3n) is 3.20. The van der Waals surface area contributed by atoms with Gasteiger partial charge in [0.2, 0.25) is 11.8 Å². The van der Waals surface area contributed by atoms with Crippen molar-refractivity contribution in [2.45, 2.75) is 5.92 Å². The van der Waals surface area contributed by atoms with Gasteiger partial charge >= 0.3 is 11.6 Å². The number of ether oxygens (including phenoxy) is 1. The van der Waals surface area contributed by atoms with E-state index in [0.717, 1.165) is 6.07 Å². The monoisotopic (exact) mass is 317 g/mol. The van der Waals surface area contributed by atoms with Gasteiger partial charge in [0.25, 0.3) is 5.56 Å². The Morgan fingerprint density at radius 2 is 2.09 bits per heavy atom. The minimum atomic E-state index is -1.14. The molecule has 11 heteroatoms. The zero-order valence-electron chi connectivity index (χ0n) is 11.2. The Morgan fingerprint density at radius 1 is 1.35 bits per heavy atom. The van der Waals surface area contributed by atoms with Crippen LogP contribution in [0.1, 0.15) is 17.2 Å². The second-order valence-electron chi connectivity index (χ2n) is 4.51. The van der Waals surface area contributed by atoms with Crippen molar-refractivity contribution in [1.82, 2.24) is 9.97 Å². The number of furan rings is 1. The third-order valence-corrected chi connectivity index (χ3v) is 3.20. The maximum Gasteiger partial charge on any atom is 0.433 e. The van der Waals surface area contributed by atoms with Gasteiger partial charge < -0.3 is 14.9 Å². The first-order valence-electron chi connectivity index (χ1n) is 6.10. The van der Waals surface area contributed by atoms with Crippen LogP contribution in [0.4, 0.5) is 5.88 Å². The number of nitriles is 1. The molecule has 1 aliphatic heterocycles. The lowest BCUT2D eigenvalue weighted by molar-refractivity contribution is -0.402. The molecule has 1 atom stereocenters. The Bertz CT molecular complexity index is 1000. The number of allylic oxidation sites excluding steroid dienone is 1. The van der Waals surface area contributed by atoms with Crippen LogP contribution < -0.4 is 21.7 Å². The van der Waals surface area contributed by atoms with Crippen LogP contribution in [-0.2, 0) is 0 Å². The zero-order valence-corrected chi connectivity index (χ0v) is 11.2. The topological polar surface area (TPSA) is 181 Å². The summed E-state index contributed by atoms with van der Waals surface area (Å²) in [4.78, 5) is 37.6. The highest BCUT2D eigenvalue weighted by Gasteiger charge is 2.36. The number of nitrogens with two attached hydrogens (primary N) is 1. The van der Waals surface area contributed by atoms with Crippen LogP contribution in [0.25, 0.3) is 0 Å². The van der Waals surface area contributed by atoms with Crippen molar-refractivity contribution in [1.29, 1.82) is 5.26 Å². The van der Waals surface area contributed by atoms with Crippen molar-refractivity contribution in [2.24, 2.45) is 5.73 Å². The molecule has 1 aliphatic rings. The number of nitrogens with zero attached hydrogens (tertiary/aromatic N) is 2. The van der Waals surface area contributed by atoms with Gasteiger partial charge in [-0.3, -0.25) is 24.9 Å². The van der Waals surface area contributed by atoms with E-state index < -0.39 is 28.0 Å². The average molecular weight is 317 g/mol. The largest absolute Gasteiger partial charge is 0.433 e. The molecular formula is C12H7N5O6. The van der Waals surface area contributed by atoms with Crippen LogP contribution in [0.5, 0.6) is 5.88 Å². The van der Waals surface area contributed by atoms with Crippen molar-refractivity contribution in [2.75, 3.05) is 0 Å². The summed E-state index contributed by atoms with van der Waals surface area (Å²) in [6.07, 6.45) is 0. The molecule has 11 nitrogen and oxygen atoms in total. The Labute approximate surface area is 125 Å². The molecule has 4 N–H and O–H groups in total. The summed E-state index contributed by atoms with van der Waals surface area (Å²) in [5.41, 5.74) is 3.66. The molecule has 23 heavy (non-hydrogen) atoms. The minimum absolute atomic E-state index is 0.0571. The molecule has 0 saturated carbocycles. The number of H-pyrrole nitrogens is 2. The molecule has 0 bridgehead atoms. The highest BCUT2D eigenvalue weighted by atomic mass is 16.6. The first-order chi connectivity index (χ1) is 10.9. The van der Waals surface area contributed by atoms with Gasteiger partial charge in [-0.25, -0.2) is 4.79 Å². The molecule has 0 fully saturated rings. The number of fused-ring (bicyclic) bond motifs is 1. The van der Waals surface area contributed by atoms with Gasteiger partial charge in [-0.1, -0.05) is 0 Å². The van der Waals surface area contributed by atoms with E-state index in [4.69, 9.17) is 14.9 Å². The highest BCUT2D eigenvalue weighted by molar-refractivity contribution is 5.50. The molecule has 0 amide bonds. The van der Waals surface area contributed by atoms with Crippen molar-refractivity contribution >= 4 is 5.88 Å². The molecule has 0 aromatic carbocycles. The molecule has 0 aliphatic carbocycles. The smallest absolute Gasteiger partial charge is 0.424 e. The Hall–Kier alpha value is -3.81. The number of aromatic nitrogens is 2. The number of nitrogens with one attached hydrogen (secondary N) is 2. The summed E-state index contributed by atoms with van der Waals surface area (Å²) in [6, 6.07) is 4.10. The number of rotatable bonds is 2. The molecule has 0 saturated heterocycles. The third kappa shape index (κ3) is 2.14. The Kier molecular flexibility index (Phi) is 3.00. The van der Waals surface area contributed by atoms with Gasteiger partial charge in [0.05, 0.1) is 17.5 Å². The van der Waals surface area contributed by atoms with E-state index in [2.05, 4.69) is 4.98 Å². The van der Waals surface area contributed by atoms with Gasteiger partial charge in [0.15, 0.2) is 0 Å². The number of hydrogen-bond donors (Lipinski definition) is 3. The van der Waals surface area contributed by atoms with Crippen molar-refractivity contribution < 1.29 is 14.1 Å². The quantitative estimate of drug-likeness (QED) is 0.501. The lowest BCUT2D eigenvalue weighted by atomic mass is 9.89. The van der Waals surface area contributed by atoms with Crippen LogP contribution in [0.15, 0.2) is 37.6 Å². The predicted molar refractivity (Wildman–Crippen MR) is 72.3 cm³/mol. The summed E-state index contributed by atoms with van der Waals surface area (Å²) in [5.74, 6) is -2.36. The van der Waals surface area contributed by atoms with E-state index in [1.807, 2.05) is 4.98 Å². The Morgan fingerprint density at radius 3 is 2.70 bits per heavy atom. The second-order valence-corrected chi connectivity index (χ2v) is 4.51. The van der Waals surface area contributed by atoms with Crippen molar-refractivity contribution in [3.8, 4) is 11.9 Å². The predicted octanol–water partition coefficient (Wildman–Crippen LogP) is -0.217. The van der Waals surface area contributed by atoms with E-state index in [1.165, 1.54) is 6.07 Å². The molecule has 0 spiro atoms. The van der Waals surface area contributed by atoms with Crippen molar-refractivity contribution in [3.63, 3.8) is 0 Å². The number of hydrogen-bond acceptors (Lipinski definition) is 8. The summed E-state index contributed by atoms with van der Waals surface area (Å²) < 4.78 is 10.2. The molecule has 116 valence electrons. The van der Waals surface area contributed by atoms with Crippen LogP contribution in [0.3, 0.4) is 0 Å². The Balaban J connectivity index is 2.29. The van der Waals surface area contributed by atoms with Gasteiger partial charge in [0.1, 0.15) is 22.3 Å². The van der Waals surface area contributed by atoms with Gasteiger partial charge in [-0.15, -0.1) is 0 Å². The first kappa shape index (κ1) is 14.1. The molecule has 0 radical (unpaired) electrons. The zero-order chi connectivity index (χ0) is 16.7. The SMILES string of the molecule is N#CC1=C(N)Oc2[nH]c(=O)[nH]c(=O)c2[C@@H]1c1ccc([N+](=O)[O-])o1. The summed E-state index contributed by atoms with van der Waals surface area (Å²) in [5, 5.41) is 20.0. The van der Waals surface area contributed by atoms with Crippen LogP contribution >= 0.6 is 0 Å². The van der Waals surface area contributed by atoms with E-state index in [0.29, 0.717) is 0 Å². The number of aromatic amines is 2. The van der Waals surface area contributed by atoms with E-state index in [-0.39, 0.29) is 28.7 Å². The van der Waals surface area contributed by atoms with Gasteiger partial charge in [0, 0.05) is 0 Å². The van der Waals surface area contributed by atoms with Gasteiger partial charge in [-0.2, -0.15) is 5.26 Å². The van der Waals surface area contributed by atoms with Crippen molar-refractivity contribution in [3.05, 3.63) is 65.9 Å². The second kappa shape index (κ2) is 4.88. The fourth-order valence-electron chi connectivity index (χ4n) is 2.27. The molecule has 2 aromatic rings. The fourth-order valence-corrected chi connectivity index (χ4v) is 2.27. The molecule has 0 unspecified atom stereocenters. The maximum atomic E-state index is 12.1. The lowest BCUT2D eigenvalue weighted by Crippen LogP contribution is -2.33. The molecule has 3 rings (SSSR count). The highest BCUT2D eigenvalue weighted by Crippen LogP contribution is 2.39. The summed E-state index contributed by atoms with van der Waals surface area (Å²) in [6.45, 7) is 0. The minimum Gasteiger partial charge on any atom is -0.424 e. The molecule has 3 heterocycles. The van der Waals surface area contributed by atoms with Gasteiger partial charge in [-0.05, 0) is 6.07 Å². The lowest BCUT2D eigenvalue weighted by Gasteiger charge is -2.22. The standard InChI is InChI=1S/C12H7N5O6/c13-3-4-7(5-1-2-6(22-5)17(20)21)8-10(18)15-12(19)16-11(8)23-9(4)14/h1-2,7H,14H2,(H2,15,16,18,19)/t7-/m0/s1. The van der Waals surface area contributed by atoms with E-state index in [9.17, 15) is 25.0 Å². The van der Waals surface area contributed by atoms with Crippen LogP contribution in [0.2, 0.25) is 0 Å². The van der Waals surface area contributed by atoms with E-state index in [1.54, 1.807) is 6.07 Å². The van der Waals surface area contributed by atoms with Crippen LogP contribution in [0, 0.1) is 21.4 Å². The fraction of sp³-hybridized carbons (Fsp3) is 0.0833. The number of nitro groups is 1. The van der Waals surface area contributed by atoms with E-state index >= 15 is 0 Å². The normalized spacial score (nSPS) is 16.4. The molecular weight excluding hydrogens is 310 g/mol. The summed E-state index contributed by atoms with van der Waals surface area (Å²) in [7, 11) is 0. The molecule has 2 aromatic heterocycles. The van der Waals surface area contributed by atoms with Crippen LogP contribution in [-0.4, -0.2) is 14.9 Å². The first-order valence-corrected chi connectivity index (χ1v) is 6.10.